The number of hydrogen-bond acceptors (Lipinski definition) is 5. The molecule has 0 saturated carbocycles. The van der Waals surface area contributed by atoms with Gasteiger partial charge < -0.3 is 15.0 Å². The monoisotopic (exact) mass is 534 g/mol. The van der Waals surface area contributed by atoms with E-state index in [4.69, 9.17) is 9.72 Å². The number of fused-ring (bicyclic) bond motifs is 1. The molecule has 0 atom stereocenters. The summed E-state index contributed by atoms with van der Waals surface area (Å²) in [6.07, 6.45) is 5.11. The molecular weight excluding hydrogens is 500 g/mol. The maximum absolute atomic E-state index is 13.6. The molecule has 0 bridgehead atoms. The van der Waals surface area contributed by atoms with Crippen LogP contribution < -0.4 is 5.32 Å². The maximum atomic E-state index is 13.6. The number of aromatic nitrogens is 2. The number of pyridine rings is 2. The van der Waals surface area contributed by atoms with Crippen molar-refractivity contribution in [3.8, 4) is 11.4 Å². The lowest BCUT2D eigenvalue weighted by Gasteiger charge is -2.20. The molecule has 0 aliphatic heterocycles. The summed E-state index contributed by atoms with van der Waals surface area (Å²) in [4.78, 5) is 37.5. The van der Waals surface area contributed by atoms with Gasteiger partial charge in [0.15, 0.2) is 0 Å². The molecule has 40 heavy (non-hydrogen) atoms. The minimum Gasteiger partial charge on any atom is -0.468 e. The van der Waals surface area contributed by atoms with Crippen molar-refractivity contribution in [2.45, 2.75) is 34.6 Å². The predicted molar refractivity (Wildman–Crippen MR) is 160 cm³/mol. The molecule has 1 N–H and O–H groups in total. The number of nitrogens with one attached hydrogen (secondary N) is 1. The van der Waals surface area contributed by atoms with Crippen LogP contribution in [-0.2, 0) is 4.74 Å². The number of benzene rings is 2. The average Bonchev–Trinajstić information content (AvgIpc) is 2.95. The molecule has 0 aliphatic rings. The van der Waals surface area contributed by atoms with Gasteiger partial charge in [0.25, 0.3) is 11.8 Å². The molecular formula is C33H34N4O3. The van der Waals surface area contributed by atoms with Crippen molar-refractivity contribution in [3.05, 3.63) is 113 Å². The lowest BCUT2D eigenvalue weighted by Crippen LogP contribution is -2.29. The van der Waals surface area contributed by atoms with Gasteiger partial charge in [-0.15, -0.1) is 0 Å². The minimum absolute atomic E-state index is 0.146. The van der Waals surface area contributed by atoms with Gasteiger partial charge in [-0.25, -0.2) is 4.98 Å². The van der Waals surface area contributed by atoms with Crippen LogP contribution >= 0.6 is 0 Å². The van der Waals surface area contributed by atoms with Crippen molar-refractivity contribution in [3.63, 3.8) is 0 Å². The van der Waals surface area contributed by atoms with Crippen molar-refractivity contribution in [2.24, 2.45) is 0 Å². The third-order valence-electron chi connectivity index (χ3n) is 6.44. The number of rotatable bonds is 8. The fourth-order valence-corrected chi connectivity index (χ4v) is 4.38. The second kappa shape index (κ2) is 12.4. The standard InChI is InChI=1S/C33H34N4O3/c1-7-16-40-30(21(2)3)20-37(6)33(39)24-11-13-25(14-12-24)35-32(38)27-19-29(28-10-8-9-15-34-28)36-31-23(5)17-22(4)18-26(27)31/h7-19H,20H2,1-6H3,(H,35,38)/b16-7-. The van der Waals surface area contributed by atoms with Crippen LogP contribution in [0.15, 0.2) is 90.5 Å². The van der Waals surface area contributed by atoms with Crippen LogP contribution in [-0.4, -0.2) is 40.3 Å². The van der Waals surface area contributed by atoms with Gasteiger partial charge >= 0.3 is 0 Å². The van der Waals surface area contributed by atoms with E-state index in [9.17, 15) is 9.59 Å². The molecule has 0 radical (unpaired) electrons. The average molecular weight is 535 g/mol. The first-order chi connectivity index (χ1) is 19.2. The topological polar surface area (TPSA) is 84.4 Å². The van der Waals surface area contributed by atoms with E-state index in [2.05, 4.69) is 16.4 Å². The van der Waals surface area contributed by atoms with Crippen LogP contribution in [0.5, 0.6) is 0 Å². The zero-order valence-corrected chi connectivity index (χ0v) is 23.8. The molecule has 2 heterocycles. The van der Waals surface area contributed by atoms with Gasteiger partial charge in [0.2, 0.25) is 0 Å². The van der Waals surface area contributed by atoms with Gasteiger partial charge in [-0.05, 0) is 94.3 Å². The van der Waals surface area contributed by atoms with Crippen LogP contribution in [0.4, 0.5) is 5.69 Å². The van der Waals surface area contributed by atoms with E-state index in [0.717, 1.165) is 33.4 Å². The Morgan fingerprint density at radius 2 is 1.75 bits per heavy atom. The molecule has 2 aromatic heterocycles. The fraction of sp³-hybridized carbons (Fsp3) is 0.212. The summed E-state index contributed by atoms with van der Waals surface area (Å²) in [6.45, 7) is 10.1. The first-order valence-corrected chi connectivity index (χ1v) is 13.1. The van der Waals surface area contributed by atoms with Crippen molar-refractivity contribution in [1.29, 1.82) is 0 Å². The Morgan fingerprint density at radius 3 is 2.40 bits per heavy atom. The molecule has 7 heteroatoms. The largest absolute Gasteiger partial charge is 0.468 e. The smallest absolute Gasteiger partial charge is 0.256 e. The molecule has 7 nitrogen and oxygen atoms in total. The van der Waals surface area contributed by atoms with E-state index in [1.54, 1.807) is 60.8 Å². The summed E-state index contributed by atoms with van der Waals surface area (Å²) in [7, 11) is 1.73. The number of amides is 2. The van der Waals surface area contributed by atoms with Gasteiger partial charge in [0, 0.05) is 29.9 Å². The third-order valence-corrected chi connectivity index (χ3v) is 6.44. The van der Waals surface area contributed by atoms with Gasteiger partial charge in [-0.1, -0.05) is 23.8 Å². The van der Waals surface area contributed by atoms with E-state index in [0.29, 0.717) is 34.7 Å². The number of carbonyl (C=O) groups is 2. The van der Waals surface area contributed by atoms with E-state index in [1.165, 1.54) is 0 Å². The number of ether oxygens (including phenoxy) is 1. The van der Waals surface area contributed by atoms with Gasteiger partial charge in [0.05, 0.1) is 35.3 Å². The van der Waals surface area contributed by atoms with Crippen molar-refractivity contribution >= 4 is 28.4 Å². The summed E-state index contributed by atoms with van der Waals surface area (Å²) in [5.74, 6) is 0.310. The Hall–Kier alpha value is -4.78. The molecule has 0 saturated heterocycles. The van der Waals surface area contributed by atoms with Gasteiger partial charge in [-0.3, -0.25) is 14.6 Å². The minimum atomic E-state index is -0.264. The predicted octanol–water partition coefficient (Wildman–Crippen LogP) is 7.08. The molecule has 0 spiro atoms. The normalized spacial score (nSPS) is 10.9. The quantitative estimate of drug-likeness (QED) is 0.244. The highest BCUT2D eigenvalue weighted by molar-refractivity contribution is 6.13. The summed E-state index contributed by atoms with van der Waals surface area (Å²) >= 11 is 0. The van der Waals surface area contributed by atoms with Crippen LogP contribution in [0.25, 0.3) is 22.3 Å². The van der Waals surface area contributed by atoms with Crippen molar-refractivity contribution < 1.29 is 14.3 Å². The molecule has 0 unspecified atom stereocenters. The zero-order valence-electron chi connectivity index (χ0n) is 23.8. The van der Waals surface area contributed by atoms with Crippen LogP contribution in [0.1, 0.15) is 52.6 Å². The number of carbonyl (C=O) groups excluding carboxylic acids is 2. The Balaban J connectivity index is 1.58. The highest BCUT2D eigenvalue weighted by Crippen LogP contribution is 2.28. The first kappa shape index (κ1) is 28.2. The number of anilines is 1. The number of aryl methyl sites for hydroxylation is 2. The second-order valence-electron chi connectivity index (χ2n) is 9.95. The highest BCUT2D eigenvalue weighted by atomic mass is 16.5. The van der Waals surface area contributed by atoms with E-state index < -0.39 is 0 Å². The Morgan fingerprint density at radius 1 is 1.00 bits per heavy atom. The number of allylic oxidation sites excluding steroid dienone is 2. The third kappa shape index (κ3) is 6.43. The summed E-state index contributed by atoms with van der Waals surface area (Å²) < 4.78 is 5.65. The Kier molecular flexibility index (Phi) is 8.74. The number of hydrogen-bond donors (Lipinski definition) is 1. The van der Waals surface area contributed by atoms with Gasteiger partial charge in [0.1, 0.15) is 5.76 Å². The number of likely N-dealkylation sites (N-methyl/N-ethyl adjacent to an activating group) is 1. The highest BCUT2D eigenvalue weighted by Gasteiger charge is 2.18. The van der Waals surface area contributed by atoms with Crippen LogP contribution in [0.2, 0.25) is 0 Å². The molecule has 4 rings (SSSR count). The van der Waals surface area contributed by atoms with E-state index >= 15 is 0 Å². The molecule has 2 amide bonds. The van der Waals surface area contributed by atoms with Crippen LogP contribution in [0.3, 0.4) is 0 Å². The SMILES string of the molecule is C/C=C\OC(CN(C)C(=O)c1ccc(NC(=O)c2cc(-c3ccccn3)nc3c(C)cc(C)cc23)cc1)=C(C)C. The Labute approximate surface area is 235 Å². The molecule has 4 aromatic rings. The van der Waals surface area contributed by atoms with Crippen LogP contribution in [0, 0.1) is 13.8 Å². The summed E-state index contributed by atoms with van der Waals surface area (Å²) in [5, 5.41) is 3.76. The first-order valence-electron chi connectivity index (χ1n) is 13.1. The van der Waals surface area contributed by atoms with Crippen molar-refractivity contribution in [1.82, 2.24) is 14.9 Å². The van der Waals surface area contributed by atoms with E-state index in [-0.39, 0.29) is 11.8 Å². The molecule has 2 aromatic carbocycles. The van der Waals surface area contributed by atoms with Gasteiger partial charge in [-0.2, -0.15) is 0 Å². The summed E-state index contributed by atoms with van der Waals surface area (Å²) in [5.41, 5.74) is 6.71. The maximum Gasteiger partial charge on any atom is 0.256 e. The summed E-state index contributed by atoms with van der Waals surface area (Å²) in [6, 6.07) is 18.3. The molecule has 204 valence electrons. The second-order valence-corrected chi connectivity index (χ2v) is 9.95. The van der Waals surface area contributed by atoms with E-state index in [1.807, 2.05) is 58.9 Å². The zero-order chi connectivity index (χ0) is 28.8. The Bertz CT molecular complexity index is 1600. The molecule has 0 fully saturated rings. The lowest BCUT2D eigenvalue weighted by molar-refractivity contribution is 0.0789. The number of nitrogens with zero attached hydrogens (tertiary/aromatic N) is 3. The van der Waals surface area contributed by atoms with Crippen molar-refractivity contribution in [2.75, 3.05) is 18.9 Å². The molecule has 0 aliphatic carbocycles. The lowest BCUT2D eigenvalue weighted by atomic mass is 10.00. The fourth-order valence-electron chi connectivity index (χ4n) is 4.38.